The zero-order valence-electron chi connectivity index (χ0n) is 10.2. The largest absolute Gasteiger partial charge is 0.318 e. The van der Waals surface area contributed by atoms with Gasteiger partial charge in [-0.1, -0.05) is 12.1 Å². The summed E-state index contributed by atoms with van der Waals surface area (Å²) in [6, 6.07) is 12.1. The number of nitrogens with one attached hydrogen (secondary N) is 2. The van der Waals surface area contributed by atoms with Crippen molar-refractivity contribution in [3.05, 3.63) is 58.8 Å². The number of benzene rings is 2. The molecule has 0 bridgehead atoms. The van der Waals surface area contributed by atoms with Crippen LogP contribution in [0.2, 0.25) is 0 Å². The summed E-state index contributed by atoms with van der Waals surface area (Å²) in [4.78, 5) is 23.4. The van der Waals surface area contributed by atoms with E-state index >= 15 is 0 Å². The highest BCUT2D eigenvalue weighted by Gasteiger charge is 2.14. The number of carbonyl (C=O) groups excluding carboxylic acids is 2. The minimum absolute atomic E-state index is 0.346. The van der Waals surface area contributed by atoms with Crippen molar-refractivity contribution in [2.75, 3.05) is 10.6 Å². The molecular formula is C14H10BrFN2O2. The molecule has 0 heterocycles. The number of para-hydroxylation sites is 1. The van der Waals surface area contributed by atoms with Crippen molar-refractivity contribution in [2.24, 2.45) is 0 Å². The molecule has 0 aromatic heterocycles. The Balaban J connectivity index is 2.01. The molecule has 4 nitrogen and oxygen atoms in total. The summed E-state index contributed by atoms with van der Waals surface area (Å²) < 4.78 is 13.4. The Hall–Kier alpha value is -2.21. The SMILES string of the molecule is O=C(Nc1ccc(F)cc1)C(=O)Nc1ccccc1Br. The summed E-state index contributed by atoms with van der Waals surface area (Å²) in [5.74, 6) is -2.05. The van der Waals surface area contributed by atoms with Gasteiger partial charge in [0.05, 0.1) is 5.69 Å². The van der Waals surface area contributed by atoms with Crippen LogP contribution < -0.4 is 10.6 Å². The van der Waals surface area contributed by atoms with Crippen molar-refractivity contribution in [1.29, 1.82) is 0 Å². The summed E-state index contributed by atoms with van der Waals surface area (Å²) in [7, 11) is 0. The third-order valence-electron chi connectivity index (χ3n) is 2.43. The Kier molecular flexibility index (Phi) is 4.47. The highest BCUT2D eigenvalue weighted by atomic mass is 79.9. The van der Waals surface area contributed by atoms with Crippen molar-refractivity contribution in [1.82, 2.24) is 0 Å². The summed E-state index contributed by atoms with van der Waals surface area (Å²) in [5, 5.41) is 4.85. The number of carbonyl (C=O) groups is 2. The molecular weight excluding hydrogens is 327 g/mol. The maximum absolute atomic E-state index is 12.7. The lowest BCUT2D eigenvalue weighted by molar-refractivity contribution is -0.133. The maximum Gasteiger partial charge on any atom is 0.314 e. The zero-order valence-corrected chi connectivity index (χ0v) is 11.8. The van der Waals surface area contributed by atoms with Crippen LogP contribution in [0.25, 0.3) is 0 Å². The van der Waals surface area contributed by atoms with Gasteiger partial charge >= 0.3 is 11.8 Å². The molecule has 2 aromatic rings. The first-order valence-corrected chi connectivity index (χ1v) is 6.48. The fraction of sp³-hybridized carbons (Fsp3) is 0. The van der Waals surface area contributed by atoms with Crippen LogP contribution in [0.15, 0.2) is 53.0 Å². The van der Waals surface area contributed by atoms with Crippen LogP contribution in [-0.4, -0.2) is 11.8 Å². The minimum Gasteiger partial charge on any atom is -0.318 e. The van der Waals surface area contributed by atoms with E-state index in [0.29, 0.717) is 15.8 Å². The molecule has 2 amide bonds. The Morgan fingerprint density at radius 1 is 0.900 bits per heavy atom. The van der Waals surface area contributed by atoms with Crippen molar-refractivity contribution in [3.8, 4) is 0 Å². The fourth-order valence-corrected chi connectivity index (χ4v) is 1.85. The highest BCUT2D eigenvalue weighted by molar-refractivity contribution is 9.10. The van der Waals surface area contributed by atoms with Crippen molar-refractivity contribution < 1.29 is 14.0 Å². The zero-order chi connectivity index (χ0) is 14.5. The molecule has 20 heavy (non-hydrogen) atoms. The second-order valence-electron chi connectivity index (χ2n) is 3.89. The van der Waals surface area contributed by atoms with Crippen LogP contribution in [0, 0.1) is 5.82 Å². The summed E-state index contributed by atoms with van der Waals surface area (Å²) in [5.41, 5.74) is 0.838. The van der Waals surface area contributed by atoms with Gasteiger partial charge in [-0.2, -0.15) is 0 Å². The van der Waals surface area contributed by atoms with Gasteiger partial charge in [0.1, 0.15) is 5.82 Å². The van der Waals surface area contributed by atoms with Gasteiger partial charge in [0, 0.05) is 10.2 Å². The average Bonchev–Trinajstić information content (AvgIpc) is 2.44. The van der Waals surface area contributed by atoms with Gasteiger partial charge < -0.3 is 10.6 Å². The molecule has 0 saturated carbocycles. The van der Waals surface area contributed by atoms with Crippen LogP contribution in [0.5, 0.6) is 0 Å². The smallest absolute Gasteiger partial charge is 0.314 e. The van der Waals surface area contributed by atoms with Gasteiger partial charge in [0.25, 0.3) is 0 Å². The normalized spacial score (nSPS) is 9.90. The van der Waals surface area contributed by atoms with Crippen molar-refractivity contribution in [2.45, 2.75) is 0 Å². The lowest BCUT2D eigenvalue weighted by Gasteiger charge is -2.07. The lowest BCUT2D eigenvalue weighted by Crippen LogP contribution is -2.29. The first-order valence-electron chi connectivity index (χ1n) is 5.68. The molecule has 0 saturated heterocycles. The third-order valence-corrected chi connectivity index (χ3v) is 3.12. The molecule has 0 atom stereocenters. The molecule has 2 aromatic carbocycles. The van der Waals surface area contributed by atoms with E-state index in [9.17, 15) is 14.0 Å². The minimum atomic E-state index is -0.827. The van der Waals surface area contributed by atoms with Gasteiger partial charge in [-0.25, -0.2) is 4.39 Å². The standard InChI is InChI=1S/C14H10BrFN2O2/c15-11-3-1-2-4-12(11)18-14(20)13(19)17-10-7-5-9(16)6-8-10/h1-8H,(H,17,19)(H,18,20). The molecule has 0 aliphatic rings. The quantitative estimate of drug-likeness (QED) is 0.827. The second-order valence-corrected chi connectivity index (χ2v) is 4.75. The van der Waals surface area contributed by atoms with Crippen LogP contribution in [0.3, 0.4) is 0 Å². The number of hydrogen-bond acceptors (Lipinski definition) is 2. The van der Waals surface area contributed by atoms with Gasteiger partial charge in [0.15, 0.2) is 0 Å². The van der Waals surface area contributed by atoms with E-state index < -0.39 is 17.6 Å². The van der Waals surface area contributed by atoms with E-state index in [1.807, 2.05) is 0 Å². The monoisotopic (exact) mass is 336 g/mol. The Morgan fingerprint density at radius 2 is 1.50 bits per heavy atom. The lowest BCUT2D eigenvalue weighted by atomic mass is 10.3. The van der Waals surface area contributed by atoms with Crippen LogP contribution in [-0.2, 0) is 9.59 Å². The molecule has 0 aliphatic carbocycles. The molecule has 0 fully saturated rings. The number of hydrogen-bond donors (Lipinski definition) is 2. The first-order chi connectivity index (χ1) is 9.56. The van der Waals surface area contributed by atoms with Gasteiger partial charge in [-0.05, 0) is 52.3 Å². The number of amides is 2. The predicted molar refractivity (Wildman–Crippen MR) is 77.8 cm³/mol. The van der Waals surface area contributed by atoms with Crippen LogP contribution in [0.1, 0.15) is 0 Å². The van der Waals surface area contributed by atoms with E-state index in [4.69, 9.17) is 0 Å². The van der Waals surface area contributed by atoms with Gasteiger partial charge in [-0.15, -0.1) is 0 Å². The van der Waals surface area contributed by atoms with E-state index in [1.54, 1.807) is 24.3 Å². The van der Waals surface area contributed by atoms with E-state index in [-0.39, 0.29) is 0 Å². The number of rotatable bonds is 2. The number of anilines is 2. The summed E-state index contributed by atoms with van der Waals surface area (Å²) in [6.45, 7) is 0. The van der Waals surface area contributed by atoms with Crippen molar-refractivity contribution in [3.63, 3.8) is 0 Å². The Bertz CT molecular complexity index is 644. The molecule has 2 rings (SSSR count). The third kappa shape index (κ3) is 3.64. The molecule has 0 radical (unpaired) electrons. The van der Waals surface area contributed by atoms with Crippen LogP contribution >= 0.6 is 15.9 Å². The molecule has 102 valence electrons. The molecule has 2 N–H and O–H groups in total. The topological polar surface area (TPSA) is 58.2 Å². The second kappa shape index (κ2) is 6.29. The van der Waals surface area contributed by atoms with Gasteiger partial charge in [0.2, 0.25) is 0 Å². The van der Waals surface area contributed by atoms with E-state index in [2.05, 4.69) is 26.6 Å². The van der Waals surface area contributed by atoms with E-state index in [0.717, 1.165) is 0 Å². The van der Waals surface area contributed by atoms with Gasteiger partial charge in [-0.3, -0.25) is 9.59 Å². The predicted octanol–water partition coefficient (Wildman–Crippen LogP) is 3.17. The Morgan fingerprint density at radius 3 is 2.15 bits per heavy atom. The molecule has 0 unspecified atom stereocenters. The maximum atomic E-state index is 12.7. The van der Waals surface area contributed by atoms with Crippen molar-refractivity contribution >= 4 is 39.1 Å². The highest BCUT2D eigenvalue weighted by Crippen LogP contribution is 2.21. The first kappa shape index (κ1) is 14.2. The van der Waals surface area contributed by atoms with E-state index in [1.165, 1.54) is 24.3 Å². The number of halogens is 2. The molecule has 6 heteroatoms. The molecule has 0 spiro atoms. The average molecular weight is 337 g/mol. The summed E-state index contributed by atoms with van der Waals surface area (Å²) in [6.07, 6.45) is 0. The fourth-order valence-electron chi connectivity index (χ4n) is 1.46. The summed E-state index contributed by atoms with van der Waals surface area (Å²) >= 11 is 3.26. The Labute approximate surface area is 123 Å². The molecule has 0 aliphatic heterocycles. The van der Waals surface area contributed by atoms with Crippen LogP contribution in [0.4, 0.5) is 15.8 Å².